The van der Waals surface area contributed by atoms with E-state index < -0.39 is 66.0 Å². The summed E-state index contributed by atoms with van der Waals surface area (Å²) in [6.07, 6.45) is 3.11. The SMILES string of the molecule is CC(C)C[C@H](NC(=O)C/C=C(\F)[C@H](Cc1ccccc1)NC(=O)c1ccc(CN)cc1)C(=O)N[C@@H](CCCN=C(N)N)C(=O)N[C@@H](Cc1c[nH]c2ccccc12)C(N)=O. The number of fused-ring (bicyclic) bond motifs is 1. The van der Waals surface area contributed by atoms with Crippen LogP contribution < -0.4 is 44.2 Å². The van der Waals surface area contributed by atoms with Gasteiger partial charge in [-0.15, -0.1) is 0 Å². The first-order valence-corrected chi connectivity index (χ1v) is 19.5. The van der Waals surface area contributed by atoms with Gasteiger partial charge in [0.15, 0.2) is 5.96 Å². The standard InChI is InChI=1S/C43H55FN10O5/c1-26(2)21-37(51-38(55)19-18-32(44)35(22-27-9-4-3-5-10-27)53-40(57)29-16-14-28(24-45)15-17-29)42(59)52-34(13-8-20-49-43(47)48)41(58)54-36(39(46)56)23-30-25-50-33-12-7-6-11-31(30)33/h3-7,9-12,14-18,25-26,34-37,50H,8,13,19-24,45H2,1-2H3,(H2,46,56)(H,51,55)(H,52,59)(H,53,57)(H,54,58)(H4,47,48,49)/b32-18-/t34-,35-,36-,37-/m0/s1. The largest absolute Gasteiger partial charge is 0.370 e. The number of rotatable bonds is 22. The number of aliphatic imine (C=N–C) groups is 1. The highest BCUT2D eigenvalue weighted by atomic mass is 19.1. The number of halogens is 1. The third kappa shape index (κ3) is 14.4. The number of nitrogens with zero attached hydrogens (tertiary/aromatic N) is 1. The minimum Gasteiger partial charge on any atom is -0.370 e. The van der Waals surface area contributed by atoms with E-state index >= 15 is 4.39 Å². The van der Waals surface area contributed by atoms with Crippen molar-refractivity contribution in [2.24, 2.45) is 33.8 Å². The minimum atomic E-state index is -1.17. The lowest BCUT2D eigenvalue weighted by atomic mass is 10.0. The molecule has 0 saturated carbocycles. The molecule has 314 valence electrons. The number of amides is 5. The number of nitrogens with one attached hydrogen (secondary N) is 5. The highest BCUT2D eigenvalue weighted by Gasteiger charge is 2.30. The second kappa shape index (κ2) is 22.4. The highest BCUT2D eigenvalue weighted by molar-refractivity contribution is 5.95. The number of nitrogens with two attached hydrogens (primary N) is 4. The molecular formula is C43H55FN10O5. The van der Waals surface area contributed by atoms with E-state index in [4.69, 9.17) is 22.9 Å². The molecule has 13 N–H and O–H groups in total. The zero-order valence-corrected chi connectivity index (χ0v) is 33.4. The van der Waals surface area contributed by atoms with Crippen molar-refractivity contribution in [1.82, 2.24) is 26.3 Å². The topological polar surface area (TPSA) is 266 Å². The quantitative estimate of drug-likeness (QED) is 0.0323. The van der Waals surface area contributed by atoms with E-state index in [9.17, 15) is 24.0 Å². The maximum atomic E-state index is 15.9. The Hall–Kier alpha value is -6.55. The van der Waals surface area contributed by atoms with Crippen LogP contribution in [0.25, 0.3) is 10.9 Å². The van der Waals surface area contributed by atoms with Gasteiger partial charge in [0.25, 0.3) is 5.91 Å². The lowest BCUT2D eigenvalue weighted by molar-refractivity contribution is -0.133. The molecule has 4 rings (SSSR count). The van der Waals surface area contributed by atoms with Crippen LogP contribution in [-0.4, -0.2) is 71.2 Å². The van der Waals surface area contributed by atoms with E-state index in [1.54, 1.807) is 54.7 Å². The van der Waals surface area contributed by atoms with Crippen molar-refractivity contribution in [3.05, 3.63) is 119 Å². The number of carbonyl (C=O) groups excluding carboxylic acids is 5. The Bertz CT molecular complexity index is 2100. The van der Waals surface area contributed by atoms with Crippen LogP contribution in [0.15, 0.2) is 102 Å². The number of aromatic amines is 1. The third-order valence-corrected chi connectivity index (χ3v) is 9.55. The fourth-order valence-corrected chi connectivity index (χ4v) is 6.45. The zero-order chi connectivity index (χ0) is 42.9. The molecule has 0 aliphatic rings. The summed E-state index contributed by atoms with van der Waals surface area (Å²) in [5, 5.41) is 11.7. The number of aromatic nitrogens is 1. The third-order valence-electron chi connectivity index (χ3n) is 9.55. The fourth-order valence-electron chi connectivity index (χ4n) is 6.45. The highest BCUT2D eigenvalue weighted by Crippen LogP contribution is 2.20. The van der Waals surface area contributed by atoms with Crippen LogP contribution in [0.3, 0.4) is 0 Å². The Kier molecular flexibility index (Phi) is 17.1. The van der Waals surface area contributed by atoms with Crippen molar-refractivity contribution in [2.75, 3.05) is 6.54 Å². The van der Waals surface area contributed by atoms with Crippen LogP contribution in [-0.2, 0) is 38.6 Å². The number of carbonyl (C=O) groups is 5. The van der Waals surface area contributed by atoms with Gasteiger partial charge >= 0.3 is 0 Å². The fraction of sp³-hybridized carbons (Fsp3) is 0.349. The number of hydrogen-bond acceptors (Lipinski definition) is 7. The number of H-pyrrole nitrogens is 1. The molecule has 1 aromatic heterocycles. The molecule has 0 radical (unpaired) electrons. The molecule has 0 saturated heterocycles. The summed E-state index contributed by atoms with van der Waals surface area (Å²) in [5.74, 6) is -4.24. The summed E-state index contributed by atoms with van der Waals surface area (Å²) >= 11 is 0. The minimum absolute atomic E-state index is 0.0766. The van der Waals surface area contributed by atoms with Crippen molar-refractivity contribution < 1.29 is 28.4 Å². The smallest absolute Gasteiger partial charge is 0.251 e. The molecule has 4 atom stereocenters. The summed E-state index contributed by atoms with van der Waals surface area (Å²) in [7, 11) is 0. The predicted octanol–water partition coefficient (Wildman–Crippen LogP) is 2.49. The molecule has 3 aromatic carbocycles. The summed E-state index contributed by atoms with van der Waals surface area (Å²) < 4.78 is 15.9. The number of para-hydroxylation sites is 1. The molecule has 0 aliphatic heterocycles. The Balaban J connectivity index is 1.47. The number of guanidine groups is 1. The molecule has 0 unspecified atom stereocenters. The van der Waals surface area contributed by atoms with Gasteiger partial charge in [-0.05, 0) is 72.6 Å². The van der Waals surface area contributed by atoms with Crippen molar-refractivity contribution in [2.45, 2.75) is 83.1 Å². The molecule has 4 aromatic rings. The van der Waals surface area contributed by atoms with Gasteiger partial charge < -0.3 is 49.2 Å². The molecule has 0 aliphatic carbocycles. The van der Waals surface area contributed by atoms with Gasteiger partial charge in [0.2, 0.25) is 23.6 Å². The normalized spacial score (nSPS) is 13.5. The molecule has 1 heterocycles. The Morgan fingerprint density at radius 3 is 2.08 bits per heavy atom. The van der Waals surface area contributed by atoms with E-state index in [0.717, 1.165) is 33.7 Å². The zero-order valence-electron chi connectivity index (χ0n) is 33.4. The van der Waals surface area contributed by atoms with Gasteiger partial charge in [-0.25, -0.2) is 4.39 Å². The summed E-state index contributed by atoms with van der Waals surface area (Å²) in [5.41, 5.74) is 25.9. The molecule has 59 heavy (non-hydrogen) atoms. The van der Waals surface area contributed by atoms with Gasteiger partial charge in [0.05, 0.1) is 6.04 Å². The second-order valence-electron chi connectivity index (χ2n) is 14.7. The van der Waals surface area contributed by atoms with Crippen LogP contribution in [0, 0.1) is 5.92 Å². The number of benzene rings is 3. The first-order valence-electron chi connectivity index (χ1n) is 19.5. The summed E-state index contributed by atoms with van der Waals surface area (Å²) in [4.78, 5) is 73.7. The van der Waals surface area contributed by atoms with E-state index in [1.165, 1.54) is 0 Å². The van der Waals surface area contributed by atoms with Crippen LogP contribution in [0.5, 0.6) is 0 Å². The molecular weight excluding hydrogens is 756 g/mol. The predicted molar refractivity (Wildman–Crippen MR) is 226 cm³/mol. The average molecular weight is 811 g/mol. The van der Waals surface area contributed by atoms with Crippen LogP contribution in [0.2, 0.25) is 0 Å². The first-order chi connectivity index (χ1) is 28.2. The average Bonchev–Trinajstić information content (AvgIpc) is 3.62. The number of primary amides is 1. The lowest BCUT2D eigenvalue weighted by Gasteiger charge is -2.25. The Morgan fingerprint density at radius 1 is 0.763 bits per heavy atom. The Morgan fingerprint density at radius 2 is 1.42 bits per heavy atom. The van der Waals surface area contributed by atoms with E-state index in [0.29, 0.717) is 12.1 Å². The lowest BCUT2D eigenvalue weighted by Crippen LogP contribution is -2.57. The van der Waals surface area contributed by atoms with Gasteiger partial charge in [0.1, 0.15) is 24.0 Å². The maximum absolute atomic E-state index is 15.9. The van der Waals surface area contributed by atoms with E-state index in [2.05, 4.69) is 31.2 Å². The van der Waals surface area contributed by atoms with Gasteiger partial charge in [-0.3, -0.25) is 29.0 Å². The van der Waals surface area contributed by atoms with Crippen molar-refractivity contribution in [1.29, 1.82) is 0 Å². The van der Waals surface area contributed by atoms with Crippen LogP contribution >= 0.6 is 0 Å². The summed E-state index contributed by atoms with van der Waals surface area (Å²) in [6.45, 7) is 4.17. The molecule has 5 amide bonds. The van der Waals surface area contributed by atoms with E-state index in [-0.39, 0.29) is 50.5 Å². The molecule has 0 spiro atoms. The van der Waals surface area contributed by atoms with Crippen molar-refractivity contribution in [3.63, 3.8) is 0 Å². The molecule has 0 bridgehead atoms. The monoisotopic (exact) mass is 810 g/mol. The molecule has 16 heteroatoms. The van der Waals surface area contributed by atoms with Crippen molar-refractivity contribution in [3.8, 4) is 0 Å². The van der Waals surface area contributed by atoms with Gasteiger partial charge in [-0.2, -0.15) is 0 Å². The second-order valence-corrected chi connectivity index (χ2v) is 14.7. The van der Waals surface area contributed by atoms with Crippen LogP contribution in [0.1, 0.15) is 66.6 Å². The Labute approximate surface area is 343 Å². The van der Waals surface area contributed by atoms with E-state index in [1.807, 2.05) is 44.2 Å². The van der Waals surface area contributed by atoms with Crippen LogP contribution in [0.4, 0.5) is 4.39 Å². The number of hydrogen-bond donors (Lipinski definition) is 9. The molecule has 0 fully saturated rings. The maximum Gasteiger partial charge on any atom is 0.251 e. The van der Waals surface area contributed by atoms with Crippen molar-refractivity contribution >= 4 is 46.4 Å². The first kappa shape index (κ1) is 45.2. The van der Waals surface area contributed by atoms with Gasteiger partial charge in [0, 0.05) is 48.6 Å². The molecule has 15 nitrogen and oxygen atoms in total. The summed E-state index contributed by atoms with van der Waals surface area (Å²) in [6, 6.07) is 18.7. The van der Waals surface area contributed by atoms with Gasteiger partial charge in [-0.1, -0.05) is 74.5 Å².